The maximum Gasteiger partial charge on any atom is 0.148 e. The van der Waals surface area contributed by atoms with Gasteiger partial charge in [0.05, 0.1) is 15.9 Å². The van der Waals surface area contributed by atoms with Crippen molar-refractivity contribution in [3.8, 4) is 0 Å². The molecule has 0 spiro atoms. The maximum absolute atomic E-state index is 6.22. The summed E-state index contributed by atoms with van der Waals surface area (Å²) in [5, 5.41) is 1.02. The van der Waals surface area contributed by atoms with Crippen molar-refractivity contribution in [1.82, 2.24) is 9.97 Å². The molecule has 4 nitrogen and oxygen atoms in total. The molecular formula is C14H12BrN3O. The Bertz CT molecular complexity index is 738. The monoisotopic (exact) mass is 317 g/mol. The third-order valence-corrected chi connectivity index (χ3v) is 3.66. The number of fused-ring (bicyclic) bond motifs is 1. The predicted molar refractivity (Wildman–Crippen MR) is 76.7 cm³/mol. The van der Waals surface area contributed by atoms with Crippen LogP contribution < -0.4 is 5.73 Å². The van der Waals surface area contributed by atoms with Gasteiger partial charge < -0.3 is 10.2 Å². The molecule has 2 heterocycles. The number of benzene rings is 1. The number of hydrogen-bond donors (Lipinski definition) is 1. The van der Waals surface area contributed by atoms with Gasteiger partial charge in [-0.15, -0.1) is 0 Å². The van der Waals surface area contributed by atoms with E-state index in [-0.39, 0.29) is 0 Å². The van der Waals surface area contributed by atoms with Gasteiger partial charge in [-0.2, -0.15) is 0 Å². The standard InChI is InChI=1S/C14H12BrN3O/c1-8-13(18-6-5-17-8)12(16)11-7-9-3-2-4-10(15)14(9)19-11/h2-7,12H,16H2,1H3. The molecule has 0 saturated heterocycles. The second kappa shape index (κ2) is 4.75. The molecule has 96 valence electrons. The molecule has 1 unspecified atom stereocenters. The number of furan rings is 1. The van der Waals surface area contributed by atoms with E-state index in [0.29, 0.717) is 5.76 Å². The van der Waals surface area contributed by atoms with Crippen LogP contribution in [0.25, 0.3) is 11.0 Å². The molecule has 3 rings (SSSR count). The smallest absolute Gasteiger partial charge is 0.148 e. The van der Waals surface area contributed by atoms with Gasteiger partial charge in [0.25, 0.3) is 0 Å². The van der Waals surface area contributed by atoms with Crippen LogP contribution in [0.1, 0.15) is 23.2 Å². The highest BCUT2D eigenvalue weighted by atomic mass is 79.9. The second-order valence-electron chi connectivity index (χ2n) is 4.31. The summed E-state index contributed by atoms with van der Waals surface area (Å²) in [4.78, 5) is 8.49. The van der Waals surface area contributed by atoms with Gasteiger partial charge >= 0.3 is 0 Å². The fourth-order valence-corrected chi connectivity index (χ4v) is 2.52. The number of hydrogen-bond acceptors (Lipinski definition) is 4. The molecule has 1 aromatic carbocycles. The summed E-state index contributed by atoms with van der Waals surface area (Å²) in [5.74, 6) is 0.686. The van der Waals surface area contributed by atoms with Crippen molar-refractivity contribution >= 4 is 26.9 Å². The van der Waals surface area contributed by atoms with Crippen molar-refractivity contribution in [3.63, 3.8) is 0 Å². The quantitative estimate of drug-likeness (QED) is 0.787. The summed E-state index contributed by atoms with van der Waals surface area (Å²) in [6, 6.07) is 7.43. The Morgan fingerprint density at radius 3 is 2.79 bits per heavy atom. The number of rotatable bonds is 2. The van der Waals surface area contributed by atoms with Gasteiger partial charge in [0.2, 0.25) is 0 Å². The summed E-state index contributed by atoms with van der Waals surface area (Å²) < 4.78 is 6.75. The van der Waals surface area contributed by atoms with E-state index in [4.69, 9.17) is 10.2 Å². The molecule has 0 aliphatic carbocycles. The van der Waals surface area contributed by atoms with E-state index in [0.717, 1.165) is 26.8 Å². The van der Waals surface area contributed by atoms with Crippen molar-refractivity contribution in [2.24, 2.45) is 5.73 Å². The van der Waals surface area contributed by atoms with Crippen LogP contribution >= 0.6 is 15.9 Å². The fraction of sp³-hybridized carbons (Fsp3) is 0.143. The number of para-hydroxylation sites is 1. The summed E-state index contributed by atoms with van der Waals surface area (Å²) >= 11 is 3.47. The van der Waals surface area contributed by atoms with Crippen LogP contribution in [-0.4, -0.2) is 9.97 Å². The van der Waals surface area contributed by atoms with Crippen molar-refractivity contribution in [3.05, 3.63) is 58.3 Å². The molecule has 0 saturated carbocycles. The molecular weight excluding hydrogens is 306 g/mol. The molecule has 0 amide bonds. The third-order valence-electron chi connectivity index (χ3n) is 3.04. The largest absolute Gasteiger partial charge is 0.458 e. The van der Waals surface area contributed by atoms with Crippen LogP contribution in [0.3, 0.4) is 0 Å². The SMILES string of the molecule is Cc1nccnc1C(N)c1cc2cccc(Br)c2o1. The average Bonchev–Trinajstić information content (AvgIpc) is 2.84. The minimum absolute atomic E-state index is 0.409. The van der Waals surface area contributed by atoms with Gasteiger partial charge in [0.15, 0.2) is 0 Å². The maximum atomic E-state index is 6.22. The van der Waals surface area contributed by atoms with Crippen LogP contribution in [0.4, 0.5) is 0 Å². The molecule has 19 heavy (non-hydrogen) atoms. The summed E-state index contributed by atoms with van der Waals surface area (Å²) in [5.41, 5.74) is 8.57. The highest BCUT2D eigenvalue weighted by Crippen LogP contribution is 2.30. The zero-order chi connectivity index (χ0) is 13.4. The van der Waals surface area contributed by atoms with Crippen molar-refractivity contribution < 1.29 is 4.42 Å². The van der Waals surface area contributed by atoms with Crippen molar-refractivity contribution in [2.75, 3.05) is 0 Å². The Labute approximate surface area is 118 Å². The molecule has 0 fully saturated rings. The van der Waals surface area contributed by atoms with E-state index < -0.39 is 6.04 Å². The Kier molecular flexibility index (Phi) is 3.08. The van der Waals surface area contributed by atoms with Gasteiger partial charge in [-0.05, 0) is 35.0 Å². The first-order chi connectivity index (χ1) is 9.16. The molecule has 0 radical (unpaired) electrons. The van der Waals surface area contributed by atoms with E-state index in [1.54, 1.807) is 12.4 Å². The second-order valence-corrected chi connectivity index (χ2v) is 5.17. The molecule has 0 aliphatic rings. The third kappa shape index (κ3) is 2.15. The summed E-state index contributed by atoms with van der Waals surface area (Å²) in [6.07, 6.45) is 3.29. The van der Waals surface area contributed by atoms with Gasteiger partial charge in [0, 0.05) is 17.8 Å². The summed E-state index contributed by atoms with van der Waals surface area (Å²) in [7, 11) is 0. The van der Waals surface area contributed by atoms with Gasteiger partial charge in [-0.3, -0.25) is 9.97 Å². The van der Waals surface area contributed by atoms with Gasteiger partial charge in [-0.1, -0.05) is 12.1 Å². The lowest BCUT2D eigenvalue weighted by molar-refractivity contribution is 0.517. The lowest BCUT2D eigenvalue weighted by Crippen LogP contribution is -2.14. The molecule has 5 heteroatoms. The Morgan fingerprint density at radius 2 is 2.05 bits per heavy atom. The molecule has 2 aromatic heterocycles. The van der Waals surface area contributed by atoms with Crippen LogP contribution in [0, 0.1) is 6.92 Å². The average molecular weight is 318 g/mol. The first-order valence-electron chi connectivity index (χ1n) is 5.88. The van der Waals surface area contributed by atoms with Crippen molar-refractivity contribution in [2.45, 2.75) is 13.0 Å². The van der Waals surface area contributed by atoms with Crippen LogP contribution in [-0.2, 0) is 0 Å². The zero-order valence-corrected chi connectivity index (χ0v) is 11.9. The number of halogens is 1. The Hall–Kier alpha value is -1.72. The Morgan fingerprint density at radius 1 is 1.26 bits per heavy atom. The van der Waals surface area contributed by atoms with E-state index in [1.165, 1.54) is 0 Å². The number of aryl methyl sites for hydroxylation is 1. The van der Waals surface area contributed by atoms with Crippen LogP contribution in [0.2, 0.25) is 0 Å². The number of nitrogens with zero attached hydrogens (tertiary/aromatic N) is 2. The Balaban J connectivity index is 2.10. The topological polar surface area (TPSA) is 64.9 Å². The van der Waals surface area contributed by atoms with Crippen LogP contribution in [0.15, 0.2) is 45.5 Å². The number of nitrogens with two attached hydrogens (primary N) is 1. The lowest BCUT2D eigenvalue weighted by Gasteiger charge is -2.09. The highest BCUT2D eigenvalue weighted by Gasteiger charge is 2.18. The van der Waals surface area contributed by atoms with Crippen molar-refractivity contribution in [1.29, 1.82) is 0 Å². The predicted octanol–water partition coefficient (Wildman–Crippen LogP) is 3.34. The normalized spacial score (nSPS) is 12.8. The molecule has 2 N–H and O–H groups in total. The molecule has 0 bridgehead atoms. The minimum atomic E-state index is -0.409. The first kappa shape index (κ1) is 12.3. The number of aromatic nitrogens is 2. The molecule has 0 aliphatic heterocycles. The first-order valence-corrected chi connectivity index (χ1v) is 6.67. The fourth-order valence-electron chi connectivity index (χ4n) is 2.06. The molecule has 3 aromatic rings. The van der Waals surface area contributed by atoms with E-state index in [2.05, 4.69) is 25.9 Å². The van der Waals surface area contributed by atoms with Gasteiger partial charge in [0.1, 0.15) is 17.4 Å². The van der Waals surface area contributed by atoms with Crippen LogP contribution in [0.5, 0.6) is 0 Å². The van der Waals surface area contributed by atoms with Gasteiger partial charge in [-0.25, -0.2) is 0 Å². The summed E-state index contributed by atoms with van der Waals surface area (Å²) in [6.45, 7) is 1.89. The van der Waals surface area contributed by atoms with E-state index >= 15 is 0 Å². The molecule has 1 atom stereocenters. The van der Waals surface area contributed by atoms with E-state index in [9.17, 15) is 0 Å². The zero-order valence-electron chi connectivity index (χ0n) is 10.3. The van der Waals surface area contributed by atoms with E-state index in [1.807, 2.05) is 31.2 Å². The minimum Gasteiger partial charge on any atom is -0.458 e. The lowest BCUT2D eigenvalue weighted by atomic mass is 10.1. The highest BCUT2D eigenvalue weighted by molar-refractivity contribution is 9.10.